The summed E-state index contributed by atoms with van der Waals surface area (Å²) >= 11 is 3.38. The van der Waals surface area contributed by atoms with Crippen LogP contribution in [0.5, 0.6) is 0 Å². The zero-order valence-corrected chi connectivity index (χ0v) is 11.3. The fourth-order valence-electron chi connectivity index (χ4n) is 1.45. The number of carbonyl (C=O) groups is 1. The van der Waals surface area contributed by atoms with E-state index >= 15 is 0 Å². The van der Waals surface area contributed by atoms with Crippen LogP contribution in [0.1, 0.15) is 24.2 Å². The van der Waals surface area contributed by atoms with Crippen LogP contribution in [-0.2, 0) is 0 Å². The van der Waals surface area contributed by atoms with Crippen LogP contribution in [0.2, 0.25) is 0 Å². The normalized spacial score (nSPS) is 12.3. The number of ketones is 1. The molecule has 0 aliphatic rings. The van der Waals surface area contributed by atoms with Gasteiger partial charge in [-0.3, -0.25) is 4.79 Å². The lowest BCUT2D eigenvalue weighted by atomic mass is 10.1. The van der Waals surface area contributed by atoms with Gasteiger partial charge >= 0.3 is 0 Å². The Bertz CT molecular complexity index is 393. The second-order valence-electron chi connectivity index (χ2n) is 3.86. The summed E-state index contributed by atoms with van der Waals surface area (Å²) in [5.41, 5.74) is 1.51. The van der Waals surface area contributed by atoms with Gasteiger partial charge in [0, 0.05) is 28.8 Å². The van der Waals surface area contributed by atoms with Crippen LogP contribution in [0.3, 0.4) is 0 Å². The summed E-state index contributed by atoms with van der Waals surface area (Å²) < 4.78 is 0.921. The molecule has 88 valence electrons. The van der Waals surface area contributed by atoms with Gasteiger partial charge < -0.3 is 10.0 Å². The lowest BCUT2D eigenvalue weighted by Crippen LogP contribution is -2.32. The third-order valence-electron chi connectivity index (χ3n) is 2.64. The monoisotopic (exact) mass is 285 g/mol. The molecule has 0 bridgehead atoms. The van der Waals surface area contributed by atoms with Crippen molar-refractivity contribution in [3.05, 3.63) is 28.2 Å². The van der Waals surface area contributed by atoms with E-state index in [1.807, 2.05) is 31.0 Å². The number of likely N-dealkylation sites (N-methyl/N-ethyl adjacent to an activating group) is 1. The number of hydrogen-bond acceptors (Lipinski definition) is 3. The first kappa shape index (κ1) is 13.2. The van der Waals surface area contributed by atoms with Gasteiger partial charge in [0.25, 0.3) is 0 Å². The molecule has 3 nitrogen and oxygen atoms in total. The first-order valence-electron chi connectivity index (χ1n) is 5.11. The molecule has 0 radical (unpaired) electrons. The van der Waals surface area contributed by atoms with Gasteiger partial charge in [-0.25, -0.2) is 0 Å². The topological polar surface area (TPSA) is 40.5 Å². The zero-order chi connectivity index (χ0) is 12.3. The number of Topliss-reactive ketones (excluding diaryl/α,β-unsaturated/α-hetero) is 1. The number of halogens is 1. The summed E-state index contributed by atoms with van der Waals surface area (Å²) in [7, 11) is 1.87. The molecular formula is C12H16BrNO2. The van der Waals surface area contributed by atoms with Gasteiger partial charge in [-0.05, 0) is 32.0 Å². The average molecular weight is 286 g/mol. The molecule has 4 heteroatoms. The lowest BCUT2D eigenvalue weighted by molar-refractivity contribution is 0.101. The summed E-state index contributed by atoms with van der Waals surface area (Å²) in [6.45, 7) is 3.51. The van der Waals surface area contributed by atoms with Crippen molar-refractivity contribution < 1.29 is 9.90 Å². The minimum atomic E-state index is -0.0209. The second-order valence-corrected chi connectivity index (χ2v) is 4.78. The largest absolute Gasteiger partial charge is 0.394 e. The second kappa shape index (κ2) is 5.46. The maximum absolute atomic E-state index is 11.5. The van der Waals surface area contributed by atoms with Crippen LogP contribution in [0.4, 0.5) is 5.69 Å². The third-order valence-corrected chi connectivity index (χ3v) is 3.14. The molecule has 1 rings (SSSR count). The zero-order valence-electron chi connectivity index (χ0n) is 9.70. The van der Waals surface area contributed by atoms with Crippen molar-refractivity contribution in [2.75, 3.05) is 18.6 Å². The van der Waals surface area contributed by atoms with Gasteiger partial charge in [0.1, 0.15) is 0 Å². The molecule has 1 aromatic rings. The molecule has 0 amide bonds. The number of carbonyl (C=O) groups excluding carboxylic acids is 1. The van der Waals surface area contributed by atoms with E-state index in [4.69, 9.17) is 5.11 Å². The Labute approximate surface area is 104 Å². The average Bonchev–Trinajstić information content (AvgIpc) is 2.26. The fraction of sp³-hybridized carbons (Fsp3) is 0.417. The first-order valence-corrected chi connectivity index (χ1v) is 5.90. The molecule has 0 saturated heterocycles. The molecule has 1 N–H and O–H groups in total. The molecule has 0 aromatic heterocycles. The maximum atomic E-state index is 11.5. The third kappa shape index (κ3) is 2.83. The number of aliphatic hydroxyl groups is 1. The number of hydrogen-bond donors (Lipinski definition) is 1. The Balaban J connectivity index is 3.19. The summed E-state index contributed by atoms with van der Waals surface area (Å²) in [4.78, 5) is 13.4. The number of anilines is 1. The number of benzene rings is 1. The lowest BCUT2D eigenvalue weighted by Gasteiger charge is -2.27. The van der Waals surface area contributed by atoms with E-state index in [1.54, 1.807) is 13.0 Å². The van der Waals surface area contributed by atoms with Crippen LogP contribution in [-0.4, -0.2) is 30.6 Å². The van der Waals surface area contributed by atoms with Crippen molar-refractivity contribution in [1.82, 2.24) is 0 Å². The van der Waals surface area contributed by atoms with Crippen molar-refractivity contribution in [3.63, 3.8) is 0 Å². The van der Waals surface area contributed by atoms with Gasteiger partial charge in [0.05, 0.1) is 6.61 Å². The highest BCUT2D eigenvalue weighted by Crippen LogP contribution is 2.26. The minimum absolute atomic E-state index is 0.0209. The van der Waals surface area contributed by atoms with Crippen molar-refractivity contribution in [3.8, 4) is 0 Å². The van der Waals surface area contributed by atoms with Gasteiger partial charge in [-0.2, -0.15) is 0 Å². The maximum Gasteiger partial charge on any atom is 0.161 e. The summed E-state index contributed by atoms with van der Waals surface area (Å²) in [5, 5.41) is 9.13. The predicted octanol–water partition coefficient (Wildman–Crippen LogP) is 2.47. The fourth-order valence-corrected chi connectivity index (χ4v) is 1.80. The quantitative estimate of drug-likeness (QED) is 0.864. The van der Waals surface area contributed by atoms with Crippen LogP contribution in [0, 0.1) is 0 Å². The van der Waals surface area contributed by atoms with E-state index in [1.165, 1.54) is 0 Å². The molecule has 0 fully saturated rings. The van der Waals surface area contributed by atoms with Gasteiger partial charge in [0.2, 0.25) is 0 Å². The molecule has 0 heterocycles. The molecular weight excluding hydrogens is 270 g/mol. The molecule has 16 heavy (non-hydrogen) atoms. The minimum Gasteiger partial charge on any atom is -0.394 e. The highest BCUT2D eigenvalue weighted by atomic mass is 79.9. The Kier molecular flexibility index (Phi) is 4.50. The van der Waals surface area contributed by atoms with Crippen LogP contribution in [0.15, 0.2) is 22.7 Å². The van der Waals surface area contributed by atoms with E-state index < -0.39 is 0 Å². The molecule has 1 unspecified atom stereocenters. The van der Waals surface area contributed by atoms with Gasteiger partial charge in [0.15, 0.2) is 5.78 Å². The number of nitrogens with zero attached hydrogens (tertiary/aromatic N) is 1. The highest BCUT2D eigenvalue weighted by Gasteiger charge is 2.15. The Morgan fingerprint density at radius 2 is 2.19 bits per heavy atom. The standard InChI is InChI=1S/C12H16BrNO2/c1-8(7-15)14(3)12-6-10(13)4-5-11(12)9(2)16/h4-6,8,15H,7H2,1-3H3. The van der Waals surface area contributed by atoms with Crippen molar-refractivity contribution in [2.45, 2.75) is 19.9 Å². The molecule has 0 aliphatic heterocycles. The van der Waals surface area contributed by atoms with Crippen molar-refractivity contribution >= 4 is 27.4 Å². The first-order chi connectivity index (χ1) is 7.47. The molecule has 0 spiro atoms. The van der Waals surface area contributed by atoms with Crippen LogP contribution >= 0.6 is 15.9 Å². The van der Waals surface area contributed by atoms with E-state index in [0.717, 1.165) is 10.2 Å². The molecule has 1 aromatic carbocycles. The van der Waals surface area contributed by atoms with E-state index in [9.17, 15) is 4.79 Å². The number of rotatable bonds is 4. The smallest absolute Gasteiger partial charge is 0.161 e. The van der Waals surface area contributed by atoms with Crippen LogP contribution < -0.4 is 4.90 Å². The SMILES string of the molecule is CC(=O)c1ccc(Br)cc1N(C)C(C)CO. The number of aliphatic hydroxyl groups excluding tert-OH is 1. The van der Waals surface area contributed by atoms with Gasteiger partial charge in [-0.15, -0.1) is 0 Å². The Hall–Kier alpha value is -0.870. The van der Waals surface area contributed by atoms with Crippen molar-refractivity contribution in [2.24, 2.45) is 0 Å². The van der Waals surface area contributed by atoms with E-state index in [0.29, 0.717) is 5.56 Å². The van der Waals surface area contributed by atoms with Gasteiger partial charge in [-0.1, -0.05) is 15.9 Å². The van der Waals surface area contributed by atoms with E-state index in [-0.39, 0.29) is 18.4 Å². The van der Waals surface area contributed by atoms with E-state index in [2.05, 4.69) is 15.9 Å². The summed E-state index contributed by atoms with van der Waals surface area (Å²) in [6.07, 6.45) is 0. The van der Waals surface area contributed by atoms with Crippen LogP contribution in [0.25, 0.3) is 0 Å². The Morgan fingerprint density at radius 3 is 2.69 bits per heavy atom. The highest BCUT2D eigenvalue weighted by molar-refractivity contribution is 9.10. The van der Waals surface area contributed by atoms with Crippen molar-refractivity contribution in [1.29, 1.82) is 0 Å². The molecule has 1 atom stereocenters. The Morgan fingerprint density at radius 1 is 1.56 bits per heavy atom. The molecule has 0 saturated carbocycles. The predicted molar refractivity (Wildman–Crippen MR) is 69.1 cm³/mol. The molecule has 0 aliphatic carbocycles. The summed E-state index contributed by atoms with van der Waals surface area (Å²) in [6, 6.07) is 5.51. The summed E-state index contributed by atoms with van der Waals surface area (Å²) in [5.74, 6) is 0.0273.